The molecule has 1 aromatic heterocycles. The summed E-state index contributed by atoms with van der Waals surface area (Å²) in [7, 11) is 3.19. The van der Waals surface area contributed by atoms with Gasteiger partial charge in [-0.3, -0.25) is 9.59 Å². The lowest BCUT2D eigenvalue weighted by Crippen LogP contribution is -2.52. The standard InChI is InChI=1S/C19H20N2O4S/c1-20-14(22)10-21(19(23)13-8-5-9-26-13)15-16-11-6-3-4-7-12(11)17(25-16)18(15)24-2/h3-9,15-18H,10H2,1-2H3,(H,20,22)/t15-,16+,17-,18+/m1/s1. The highest BCUT2D eigenvalue weighted by molar-refractivity contribution is 7.12. The van der Waals surface area contributed by atoms with Crippen molar-refractivity contribution in [2.24, 2.45) is 0 Å². The van der Waals surface area contributed by atoms with Gasteiger partial charge in [0, 0.05) is 14.2 Å². The number of nitrogens with zero attached hydrogens (tertiary/aromatic N) is 1. The molecule has 0 unspecified atom stereocenters. The van der Waals surface area contributed by atoms with E-state index in [4.69, 9.17) is 9.47 Å². The zero-order valence-corrected chi connectivity index (χ0v) is 15.4. The van der Waals surface area contributed by atoms with Crippen LogP contribution in [0.15, 0.2) is 41.8 Å². The summed E-state index contributed by atoms with van der Waals surface area (Å²) in [6.45, 7) is -0.0352. The van der Waals surface area contributed by atoms with Gasteiger partial charge >= 0.3 is 0 Å². The van der Waals surface area contributed by atoms with Gasteiger partial charge in [0.25, 0.3) is 5.91 Å². The number of benzene rings is 1. The van der Waals surface area contributed by atoms with Gasteiger partial charge in [-0.05, 0) is 22.6 Å². The topological polar surface area (TPSA) is 67.9 Å². The first-order valence-corrected chi connectivity index (χ1v) is 9.35. The van der Waals surface area contributed by atoms with Gasteiger partial charge in [0.1, 0.15) is 24.9 Å². The van der Waals surface area contributed by atoms with Crippen molar-refractivity contribution in [2.45, 2.75) is 24.4 Å². The van der Waals surface area contributed by atoms with Crippen LogP contribution in [0.5, 0.6) is 0 Å². The first-order chi connectivity index (χ1) is 12.7. The molecule has 4 rings (SSSR count). The molecule has 1 aromatic carbocycles. The average Bonchev–Trinajstić information content (AvgIpc) is 3.40. The number of methoxy groups -OCH3 is 1. The molecule has 2 bridgehead atoms. The van der Waals surface area contributed by atoms with Crippen LogP contribution in [0.4, 0.5) is 0 Å². The van der Waals surface area contributed by atoms with Crippen LogP contribution < -0.4 is 5.32 Å². The molecule has 2 aromatic rings. The highest BCUT2D eigenvalue weighted by Crippen LogP contribution is 2.53. The van der Waals surface area contributed by atoms with Gasteiger partial charge in [-0.2, -0.15) is 0 Å². The SMILES string of the molecule is CNC(=O)CN(C(=O)c1cccs1)[C@H]1[C@H](OC)[C@@H]2O[C@H]1c1ccccc12. The Hall–Kier alpha value is -2.22. The van der Waals surface area contributed by atoms with E-state index in [-0.39, 0.29) is 42.7 Å². The molecule has 2 aliphatic heterocycles. The molecule has 7 heteroatoms. The molecule has 1 N–H and O–H groups in total. The van der Waals surface area contributed by atoms with Gasteiger partial charge in [-0.15, -0.1) is 11.3 Å². The normalized spacial score (nSPS) is 25.8. The quantitative estimate of drug-likeness (QED) is 0.873. The summed E-state index contributed by atoms with van der Waals surface area (Å²) in [6, 6.07) is 11.2. The van der Waals surface area contributed by atoms with Crippen molar-refractivity contribution in [3.63, 3.8) is 0 Å². The Balaban J connectivity index is 1.73. The summed E-state index contributed by atoms with van der Waals surface area (Å²) in [5.74, 6) is -0.398. The fourth-order valence-corrected chi connectivity index (χ4v) is 4.57. The molecule has 136 valence electrons. The number of ether oxygens (including phenoxy) is 2. The van der Waals surface area contributed by atoms with E-state index in [0.717, 1.165) is 11.1 Å². The largest absolute Gasteiger partial charge is 0.376 e. The van der Waals surface area contributed by atoms with Crippen LogP contribution in [-0.2, 0) is 14.3 Å². The maximum absolute atomic E-state index is 13.1. The van der Waals surface area contributed by atoms with Crippen molar-refractivity contribution in [1.82, 2.24) is 10.2 Å². The van der Waals surface area contributed by atoms with Crippen molar-refractivity contribution in [3.8, 4) is 0 Å². The van der Waals surface area contributed by atoms with E-state index in [0.29, 0.717) is 4.88 Å². The summed E-state index contributed by atoms with van der Waals surface area (Å²) in [5, 5.41) is 4.46. The third-order valence-electron chi connectivity index (χ3n) is 5.07. The van der Waals surface area contributed by atoms with Crippen molar-refractivity contribution in [2.75, 3.05) is 20.7 Å². The minimum Gasteiger partial charge on any atom is -0.376 e. The van der Waals surface area contributed by atoms with Crippen LogP contribution in [-0.4, -0.2) is 49.6 Å². The molecule has 26 heavy (non-hydrogen) atoms. The Kier molecular flexibility index (Phi) is 4.52. The van der Waals surface area contributed by atoms with Gasteiger partial charge in [0.2, 0.25) is 5.91 Å². The van der Waals surface area contributed by atoms with Crippen LogP contribution >= 0.6 is 11.3 Å². The second-order valence-corrected chi connectivity index (χ2v) is 7.33. The molecular weight excluding hydrogens is 352 g/mol. The van der Waals surface area contributed by atoms with Crippen LogP contribution in [0.1, 0.15) is 33.0 Å². The lowest BCUT2D eigenvalue weighted by Gasteiger charge is -2.37. The van der Waals surface area contributed by atoms with Gasteiger partial charge in [-0.1, -0.05) is 30.3 Å². The monoisotopic (exact) mass is 372 g/mol. The van der Waals surface area contributed by atoms with E-state index in [1.54, 1.807) is 25.1 Å². The Morgan fingerprint density at radius 3 is 2.54 bits per heavy atom. The van der Waals surface area contributed by atoms with E-state index < -0.39 is 0 Å². The number of rotatable bonds is 5. The minimum atomic E-state index is -0.355. The minimum absolute atomic E-state index is 0.0352. The Morgan fingerprint density at radius 2 is 1.92 bits per heavy atom. The van der Waals surface area contributed by atoms with E-state index >= 15 is 0 Å². The van der Waals surface area contributed by atoms with Crippen molar-refractivity contribution in [1.29, 1.82) is 0 Å². The van der Waals surface area contributed by atoms with Gasteiger partial charge in [0.15, 0.2) is 0 Å². The number of nitrogens with one attached hydrogen (secondary N) is 1. The molecule has 0 radical (unpaired) electrons. The molecule has 4 atom stereocenters. The molecule has 2 amide bonds. The number of thiophene rings is 1. The summed E-state index contributed by atoms with van der Waals surface area (Å²) in [6.07, 6.45) is -0.840. The molecule has 0 aliphatic carbocycles. The number of fused-ring (bicyclic) bond motifs is 5. The molecule has 3 heterocycles. The van der Waals surface area contributed by atoms with Gasteiger partial charge < -0.3 is 19.7 Å². The summed E-state index contributed by atoms with van der Waals surface area (Å²) >= 11 is 1.36. The molecule has 2 aliphatic rings. The number of carbonyl (C=O) groups is 2. The maximum Gasteiger partial charge on any atom is 0.264 e. The predicted octanol–water partition coefficient (Wildman–Crippen LogP) is 2.15. The maximum atomic E-state index is 13.1. The number of hydrogen-bond donors (Lipinski definition) is 1. The van der Waals surface area contributed by atoms with Crippen molar-refractivity contribution < 1.29 is 19.1 Å². The van der Waals surface area contributed by atoms with E-state index in [1.165, 1.54) is 11.3 Å². The van der Waals surface area contributed by atoms with Crippen LogP contribution in [0.2, 0.25) is 0 Å². The number of carbonyl (C=O) groups excluding carboxylic acids is 2. The van der Waals surface area contributed by atoms with E-state index in [1.807, 2.05) is 35.7 Å². The van der Waals surface area contributed by atoms with Crippen molar-refractivity contribution in [3.05, 3.63) is 57.8 Å². The van der Waals surface area contributed by atoms with Crippen LogP contribution in [0.3, 0.4) is 0 Å². The summed E-state index contributed by atoms with van der Waals surface area (Å²) in [5.41, 5.74) is 2.17. The first-order valence-electron chi connectivity index (χ1n) is 8.48. The van der Waals surface area contributed by atoms with E-state index in [9.17, 15) is 9.59 Å². The van der Waals surface area contributed by atoms with Gasteiger partial charge in [0.05, 0.1) is 10.9 Å². The number of likely N-dealkylation sites (N-methyl/N-ethyl adjacent to an activating group) is 1. The van der Waals surface area contributed by atoms with Crippen LogP contribution in [0.25, 0.3) is 0 Å². The molecule has 0 saturated carbocycles. The summed E-state index contributed by atoms with van der Waals surface area (Å²) < 4.78 is 11.9. The van der Waals surface area contributed by atoms with E-state index in [2.05, 4.69) is 5.32 Å². The highest BCUT2D eigenvalue weighted by atomic mass is 32.1. The zero-order chi connectivity index (χ0) is 18.3. The number of amides is 2. The Bertz CT molecular complexity index is 823. The second-order valence-electron chi connectivity index (χ2n) is 6.38. The molecule has 1 saturated heterocycles. The zero-order valence-electron chi connectivity index (χ0n) is 14.5. The Labute approximate surface area is 155 Å². The molecule has 6 nitrogen and oxygen atoms in total. The fraction of sp³-hybridized carbons (Fsp3) is 0.368. The lowest BCUT2D eigenvalue weighted by molar-refractivity contribution is -0.122. The average molecular weight is 372 g/mol. The molecular formula is C19H20N2O4S. The smallest absolute Gasteiger partial charge is 0.264 e. The van der Waals surface area contributed by atoms with Crippen LogP contribution in [0, 0.1) is 0 Å². The van der Waals surface area contributed by atoms with Gasteiger partial charge in [-0.25, -0.2) is 0 Å². The first kappa shape index (κ1) is 17.2. The second kappa shape index (κ2) is 6.83. The third kappa shape index (κ3) is 2.63. The number of hydrogen-bond acceptors (Lipinski definition) is 5. The highest BCUT2D eigenvalue weighted by Gasteiger charge is 2.56. The molecule has 1 fully saturated rings. The third-order valence-corrected chi connectivity index (χ3v) is 5.92. The Morgan fingerprint density at radius 1 is 1.19 bits per heavy atom. The van der Waals surface area contributed by atoms with Crippen molar-refractivity contribution >= 4 is 23.2 Å². The fourth-order valence-electron chi connectivity index (χ4n) is 3.90. The summed E-state index contributed by atoms with van der Waals surface area (Å²) in [4.78, 5) is 27.4. The molecule has 0 spiro atoms. The predicted molar refractivity (Wildman–Crippen MR) is 97.0 cm³/mol. The lowest BCUT2D eigenvalue weighted by atomic mass is 9.85.